The highest BCUT2D eigenvalue weighted by molar-refractivity contribution is 7.98. The number of rotatable bonds is 6. The Hall–Kier alpha value is -0.530. The van der Waals surface area contributed by atoms with E-state index in [2.05, 4.69) is 14.7 Å². The van der Waals surface area contributed by atoms with Gasteiger partial charge < -0.3 is 4.98 Å². The molecule has 0 saturated heterocycles. The lowest BCUT2D eigenvalue weighted by atomic mass is 10.3. The zero-order chi connectivity index (χ0) is 12.2. The molecule has 2 N–H and O–H groups in total. The monoisotopic (exact) mass is 263 g/mol. The van der Waals surface area contributed by atoms with Crippen LogP contribution in [-0.4, -0.2) is 36.4 Å². The summed E-state index contributed by atoms with van der Waals surface area (Å²) in [6, 6.07) is -0.0383. The number of imidazole rings is 1. The Balaban J connectivity index is 2.78. The van der Waals surface area contributed by atoms with Gasteiger partial charge in [0.1, 0.15) is 5.82 Å². The summed E-state index contributed by atoms with van der Waals surface area (Å²) in [5, 5.41) is 0.129. The number of sulfonamides is 1. The van der Waals surface area contributed by atoms with E-state index in [4.69, 9.17) is 0 Å². The van der Waals surface area contributed by atoms with Crippen LogP contribution in [0.2, 0.25) is 0 Å². The first kappa shape index (κ1) is 13.5. The summed E-state index contributed by atoms with van der Waals surface area (Å²) in [7, 11) is -3.45. The van der Waals surface area contributed by atoms with E-state index >= 15 is 0 Å². The third-order valence-electron chi connectivity index (χ3n) is 2.15. The summed E-state index contributed by atoms with van der Waals surface area (Å²) in [4.78, 5) is 6.60. The maximum Gasteiger partial charge on any atom is 0.257 e. The van der Waals surface area contributed by atoms with Crippen LogP contribution in [0.4, 0.5) is 0 Å². The van der Waals surface area contributed by atoms with Crippen molar-refractivity contribution in [2.24, 2.45) is 0 Å². The molecule has 1 aromatic rings. The fourth-order valence-electron chi connectivity index (χ4n) is 1.25. The molecule has 0 fully saturated rings. The van der Waals surface area contributed by atoms with Gasteiger partial charge in [0.2, 0.25) is 0 Å². The Morgan fingerprint density at radius 3 is 2.75 bits per heavy atom. The van der Waals surface area contributed by atoms with Gasteiger partial charge in [0.15, 0.2) is 5.03 Å². The van der Waals surface area contributed by atoms with Crippen molar-refractivity contribution in [3.8, 4) is 0 Å². The van der Waals surface area contributed by atoms with Gasteiger partial charge in [0.25, 0.3) is 10.0 Å². The first-order valence-corrected chi connectivity index (χ1v) is 7.90. The van der Waals surface area contributed by atoms with Crippen LogP contribution in [0.25, 0.3) is 0 Å². The molecule has 0 amide bonds. The molecule has 0 aliphatic heterocycles. The first-order valence-electron chi connectivity index (χ1n) is 5.02. The molecule has 1 atom stereocenters. The van der Waals surface area contributed by atoms with Gasteiger partial charge in [-0.15, -0.1) is 0 Å². The average molecular weight is 263 g/mol. The minimum absolute atomic E-state index is 0.0383. The largest absolute Gasteiger partial charge is 0.332 e. The van der Waals surface area contributed by atoms with Gasteiger partial charge in [-0.05, 0) is 19.6 Å². The molecular formula is C9H17N3O2S2. The van der Waals surface area contributed by atoms with Crippen LogP contribution in [0.1, 0.15) is 19.2 Å². The number of nitrogens with zero attached hydrogens (tertiary/aromatic N) is 1. The quantitative estimate of drug-likeness (QED) is 0.807. The van der Waals surface area contributed by atoms with Gasteiger partial charge in [-0.25, -0.2) is 18.1 Å². The van der Waals surface area contributed by atoms with Crippen molar-refractivity contribution in [1.29, 1.82) is 0 Å². The Morgan fingerprint density at radius 1 is 1.62 bits per heavy atom. The standard InChI is InChI=1S/C9H17N3O2S2/c1-4-8(6-15-3)12-16(13,14)9-5-10-7(2)11-9/h5,8,12H,4,6H2,1-3H3,(H,10,11). The molecular weight excluding hydrogens is 246 g/mol. The number of thioether (sulfide) groups is 1. The van der Waals surface area contributed by atoms with Crippen LogP contribution in [-0.2, 0) is 10.0 Å². The number of aryl methyl sites for hydroxylation is 1. The second-order valence-electron chi connectivity index (χ2n) is 3.51. The molecule has 0 radical (unpaired) electrons. The molecule has 0 aliphatic carbocycles. The molecule has 92 valence electrons. The Bertz CT molecular complexity index is 428. The van der Waals surface area contributed by atoms with Gasteiger partial charge in [0, 0.05) is 11.8 Å². The minimum Gasteiger partial charge on any atom is -0.332 e. The summed E-state index contributed by atoms with van der Waals surface area (Å²) < 4.78 is 26.4. The molecule has 7 heteroatoms. The Kier molecular flexibility index (Phi) is 4.82. The van der Waals surface area contributed by atoms with E-state index in [1.165, 1.54) is 6.20 Å². The molecule has 5 nitrogen and oxygen atoms in total. The Labute approximate surface area is 100 Å². The topological polar surface area (TPSA) is 74.8 Å². The number of H-pyrrole nitrogens is 1. The van der Waals surface area contributed by atoms with E-state index in [0.717, 1.165) is 12.2 Å². The lowest BCUT2D eigenvalue weighted by molar-refractivity contribution is 0.555. The zero-order valence-electron chi connectivity index (χ0n) is 9.65. The normalized spacial score (nSPS) is 13.9. The van der Waals surface area contributed by atoms with Crippen LogP contribution in [0, 0.1) is 6.92 Å². The number of nitrogens with one attached hydrogen (secondary N) is 2. The van der Waals surface area contributed by atoms with Crippen molar-refractivity contribution in [2.75, 3.05) is 12.0 Å². The molecule has 0 saturated carbocycles. The molecule has 0 spiro atoms. The molecule has 1 aromatic heterocycles. The summed E-state index contributed by atoms with van der Waals surface area (Å²) >= 11 is 1.62. The summed E-state index contributed by atoms with van der Waals surface area (Å²) in [5.41, 5.74) is 0. The highest BCUT2D eigenvalue weighted by Gasteiger charge is 2.20. The number of hydrogen-bond donors (Lipinski definition) is 2. The van der Waals surface area contributed by atoms with Crippen molar-refractivity contribution >= 4 is 21.8 Å². The molecule has 0 aromatic carbocycles. The molecule has 1 unspecified atom stereocenters. The third-order valence-corrected chi connectivity index (χ3v) is 4.32. The molecule has 0 bridgehead atoms. The van der Waals surface area contributed by atoms with E-state index in [-0.39, 0.29) is 11.1 Å². The Morgan fingerprint density at radius 2 is 2.31 bits per heavy atom. The van der Waals surface area contributed by atoms with Crippen LogP contribution >= 0.6 is 11.8 Å². The van der Waals surface area contributed by atoms with Crippen molar-refractivity contribution in [2.45, 2.75) is 31.3 Å². The van der Waals surface area contributed by atoms with Gasteiger partial charge in [-0.3, -0.25) is 0 Å². The van der Waals surface area contributed by atoms with Crippen molar-refractivity contribution < 1.29 is 8.42 Å². The highest BCUT2D eigenvalue weighted by atomic mass is 32.2. The predicted molar refractivity (Wildman–Crippen MR) is 66.1 cm³/mol. The zero-order valence-corrected chi connectivity index (χ0v) is 11.3. The van der Waals surface area contributed by atoms with Gasteiger partial charge in [-0.2, -0.15) is 11.8 Å². The smallest absolute Gasteiger partial charge is 0.257 e. The lowest BCUT2D eigenvalue weighted by Gasteiger charge is -2.14. The summed E-state index contributed by atoms with van der Waals surface area (Å²) in [6.07, 6.45) is 4.06. The minimum atomic E-state index is -3.45. The van der Waals surface area contributed by atoms with E-state index < -0.39 is 10.0 Å². The number of aromatic amines is 1. The first-order chi connectivity index (χ1) is 7.49. The second-order valence-corrected chi connectivity index (χ2v) is 6.11. The second kappa shape index (κ2) is 5.70. The van der Waals surface area contributed by atoms with Crippen molar-refractivity contribution in [1.82, 2.24) is 14.7 Å². The molecule has 1 rings (SSSR count). The van der Waals surface area contributed by atoms with Crippen molar-refractivity contribution in [3.63, 3.8) is 0 Å². The van der Waals surface area contributed by atoms with Crippen LogP contribution < -0.4 is 4.72 Å². The fourth-order valence-corrected chi connectivity index (χ4v) is 3.37. The van der Waals surface area contributed by atoms with Gasteiger partial charge >= 0.3 is 0 Å². The summed E-state index contributed by atoms with van der Waals surface area (Å²) in [6.45, 7) is 3.68. The SMILES string of the molecule is CCC(CSC)NS(=O)(=O)c1cnc(C)[nH]1. The maximum atomic E-state index is 11.9. The maximum absolute atomic E-state index is 11.9. The molecule has 0 aliphatic rings. The van der Waals surface area contributed by atoms with E-state index in [1.807, 2.05) is 13.2 Å². The van der Waals surface area contributed by atoms with Crippen LogP contribution in [0.3, 0.4) is 0 Å². The lowest BCUT2D eigenvalue weighted by Crippen LogP contribution is -2.36. The van der Waals surface area contributed by atoms with Crippen molar-refractivity contribution in [3.05, 3.63) is 12.0 Å². The highest BCUT2D eigenvalue weighted by Crippen LogP contribution is 2.09. The van der Waals surface area contributed by atoms with Crippen LogP contribution in [0.15, 0.2) is 11.2 Å². The number of aromatic nitrogens is 2. The fraction of sp³-hybridized carbons (Fsp3) is 0.667. The van der Waals surface area contributed by atoms with E-state index in [0.29, 0.717) is 5.82 Å². The average Bonchev–Trinajstić information content (AvgIpc) is 2.64. The van der Waals surface area contributed by atoms with E-state index in [1.54, 1.807) is 18.7 Å². The van der Waals surface area contributed by atoms with Crippen LogP contribution in [0.5, 0.6) is 0 Å². The van der Waals surface area contributed by atoms with Gasteiger partial charge in [-0.1, -0.05) is 6.92 Å². The number of hydrogen-bond acceptors (Lipinski definition) is 4. The van der Waals surface area contributed by atoms with E-state index in [9.17, 15) is 8.42 Å². The van der Waals surface area contributed by atoms with Gasteiger partial charge in [0.05, 0.1) is 6.20 Å². The molecule has 16 heavy (non-hydrogen) atoms. The predicted octanol–water partition coefficient (Wildman–Crippen LogP) is 1.14. The third kappa shape index (κ3) is 3.50. The molecule has 1 heterocycles. The summed E-state index contributed by atoms with van der Waals surface area (Å²) in [5.74, 6) is 1.36.